The molecule has 4 heteroatoms. The molecule has 7 aromatic carbocycles. The molecule has 4 nitrogen and oxygen atoms in total. The van der Waals surface area contributed by atoms with Gasteiger partial charge >= 0.3 is 0 Å². The Balaban J connectivity index is 1.30. The number of hydrogen-bond acceptors (Lipinski definition) is 3. The summed E-state index contributed by atoms with van der Waals surface area (Å²) in [6.07, 6.45) is 0. The van der Waals surface area contributed by atoms with Crippen molar-refractivity contribution in [1.29, 1.82) is 0 Å². The van der Waals surface area contributed by atoms with Crippen LogP contribution in [0.3, 0.4) is 0 Å². The Labute approximate surface area is 255 Å². The van der Waals surface area contributed by atoms with Gasteiger partial charge in [-0.3, -0.25) is 4.40 Å². The van der Waals surface area contributed by atoms with Crippen LogP contribution in [0, 0.1) is 0 Å². The summed E-state index contributed by atoms with van der Waals surface area (Å²) in [5.74, 6) is 0. The summed E-state index contributed by atoms with van der Waals surface area (Å²) >= 11 is 0. The third-order valence-corrected chi connectivity index (χ3v) is 9.54. The van der Waals surface area contributed by atoms with Gasteiger partial charge in [-0.05, 0) is 70.3 Å². The molecule has 0 aliphatic carbocycles. The molecule has 4 aromatic heterocycles. The lowest BCUT2D eigenvalue weighted by molar-refractivity contribution is 0.664. The molecule has 0 amide bonds. The first-order valence-electron chi connectivity index (χ1n) is 15.2. The van der Waals surface area contributed by atoms with Crippen molar-refractivity contribution in [2.24, 2.45) is 0 Å². The lowest BCUT2D eigenvalue weighted by Crippen LogP contribution is -1.92. The van der Waals surface area contributed by atoms with Crippen LogP contribution < -0.4 is 0 Å². The number of rotatable bonds is 1. The van der Waals surface area contributed by atoms with Gasteiger partial charge < -0.3 is 8.83 Å². The van der Waals surface area contributed by atoms with Crippen LogP contribution in [0.2, 0.25) is 0 Å². The Morgan fingerprint density at radius 1 is 0.467 bits per heavy atom. The molecule has 208 valence electrons. The third-order valence-electron chi connectivity index (χ3n) is 9.54. The van der Waals surface area contributed by atoms with E-state index < -0.39 is 0 Å². The first-order valence-corrected chi connectivity index (χ1v) is 15.2. The molecule has 0 N–H and O–H groups in total. The Kier molecular flexibility index (Phi) is 4.29. The fraction of sp³-hybridized carbons (Fsp3) is 0. The van der Waals surface area contributed by atoms with E-state index in [4.69, 9.17) is 13.8 Å². The highest BCUT2D eigenvalue weighted by Gasteiger charge is 2.22. The van der Waals surface area contributed by atoms with Crippen molar-refractivity contribution in [3.8, 4) is 11.1 Å². The summed E-state index contributed by atoms with van der Waals surface area (Å²) in [6.45, 7) is 0. The SMILES string of the molecule is c1ccc2c(c1)ccc1oc3cc(-c4ccc5c(c4)c4ccccc4n4c6ccccc6nc54)c4oc5ccccc5c4c3c12. The van der Waals surface area contributed by atoms with Crippen LogP contribution in [-0.4, -0.2) is 9.38 Å². The molecule has 45 heavy (non-hydrogen) atoms. The van der Waals surface area contributed by atoms with Crippen LogP contribution in [0.1, 0.15) is 0 Å². The zero-order valence-electron chi connectivity index (χ0n) is 23.9. The second-order valence-electron chi connectivity index (χ2n) is 11.9. The maximum Gasteiger partial charge on any atom is 0.146 e. The van der Waals surface area contributed by atoms with E-state index in [2.05, 4.69) is 126 Å². The summed E-state index contributed by atoms with van der Waals surface area (Å²) in [5, 5.41) is 10.2. The van der Waals surface area contributed by atoms with Crippen molar-refractivity contribution in [1.82, 2.24) is 9.38 Å². The van der Waals surface area contributed by atoms with Crippen LogP contribution in [0.25, 0.3) is 104 Å². The molecule has 0 aliphatic rings. The quantitative estimate of drug-likeness (QED) is 0.183. The number of imidazole rings is 1. The number of nitrogens with zero attached hydrogens (tertiary/aromatic N) is 2. The minimum atomic E-state index is 0.857. The number of para-hydroxylation sites is 4. The molecule has 11 rings (SSSR count). The number of hydrogen-bond donors (Lipinski definition) is 0. The van der Waals surface area contributed by atoms with Crippen LogP contribution in [0.4, 0.5) is 0 Å². The van der Waals surface area contributed by atoms with Crippen LogP contribution in [0.5, 0.6) is 0 Å². The van der Waals surface area contributed by atoms with E-state index in [0.29, 0.717) is 0 Å². The molecular formula is C41H22N2O2. The second-order valence-corrected chi connectivity index (χ2v) is 11.9. The molecule has 0 spiro atoms. The van der Waals surface area contributed by atoms with E-state index in [1.807, 2.05) is 12.1 Å². The molecule has 0 saturated heterocycles. The summed E-state index contributed by atoms with van der Waals surface area (Å²) in [6, 6.07) is 46.9. The van der Waals surface area contributed by atoms with Gasteiger partial charge in [-0.25, -0.2) is 4.98 Å². The predicted octanol–water partition coefficient (Wildman–Crippen LogP) is 11.4. The molecule has 0 fully saturated rings. The maximum absolute atomic E-state index is 6.73. The number of benzene rings is 7. The molecule has 0 radical (unpaired) electrons. The Morgan fingerprint density at radius 2 is 1.24 bits per heavy atom. The zero-order chi connectivity index (χ0) is 29.2. The highest BCUT2D eigenvalue weighted by molar-refractivity contribution is 6.32. The first kappa shape index (κ1) is 23.3. The number of aromatic nitrogens is 2. The Bertz CT molecular complexity index is 3050. The van der Waals surface area contributed by atoms with Crippen LogP contribution >= 0.6 is 0 Å². The molecular weight excluding hydrogens is 552 g/mol. The molecule has 0 bridgehead atoms. The molecule has 0 saturated carbocycles. The maximum atomic E-state index is 6.73. The van der Waals surface area contributed by atoms with E-state index in [1.54, 1.807) is 0 Å². The highest BCUT2D eigenvalue weighted by Crippen LogP contribution is 2.46. The number of furan rings is 2. The smallest absolute Gasteiger partial charge is 0.146 e. The van der Waals surface area contributed by atoms with Gasteiger partial charge in [-0.1, -0.05) is 84.9 Å². The lowest BCUT2D eigenvalue weighted by Gasteiger charge is -2.11. The third kappa shape index (κ3) is 2.98. The standard InChI is InChI=1S/C41H22N2O2/c1-2-10-25-23(9-1)18-20-35-37(25)39-36(44-35)22-29(40-38(39)28-12-4-8-16-34(28)45-40)24-17-19-27-30(21-24)26-11-3-6-14-32(26)43-33-15-7-5-13-31(33)42-41(27)43/h1-22H. The minimum Gasteiger partial charge on any atom is -0.456 e. The van der Waals surface area contributed by atoms with E-state index >= 15 is 0 Å². The summed E-state index contributed by atoms with van der Waals surface area (Å²) in [4.78, 5) is 5.09. The van der Waals surface area contributed by atoms with Gasteiger partial charge in [0.05, 0.1) is 16.6 Å². The topological polar surface area (TPSA) is 43.6 Å². The highest BCUT2D eigenvalue weighted by atomic mass is 16.3. The van der Waals surface area contributed by atoms with Gasteiger partial charge in [0.25, 0.3) is 0 Å². The molecule has 4 heterocycles. The largest absolute Gasteiger partial charge is 0.456 e. The molecule has 0 aliphatic heterocycles. The monoisotopic (exact) mass is 574 g/mol. The summed E-state index contributed by atoms with van der Waals surface area (Å²) < 4.78 is 15.7. The van der Waals surface area contributed by atoms with Gasteiger partial charge in [0, 0.05) is 37.9 Å². The van der Waals surface area contributed by atoms with Gasteiger partial charge in [-0.15, -0.1) is 0 Å². The molecule has 0 unspecified atom stereocenters. The van der Waals surface area contributed by atoms with Crippen LogP contribution in [0.15, 0.2) is 142 Å². The van der Waals surface area contributed by atoms with Crippen molar-refractivity contribution in [3.05, 3.63) is 133 Å². The van der Waals surface area contributed by atoms with E-state index in [1.165, 1.54) is 16.2 Å². The van der Waals surface area contributed by atoms with Gasteiger partial charge in [-0.2, -0.15) is 0 Å². The predicted molar refractivity (Wildman–Crippen MR) is 185 cm³/mol. The van der Waals surface area contributed by atoms with E-state index in [-0.39, 0.29) is 0 Å². The van der Waals surface area contributed by atoms with E-state index in [0.717, 1.165) is 88.0 Å². The Hall–Kier alpha value is -6.13. The number of pyridine rings is 1. The molecule has 0 atom stereocenters. The average Bonchev–Trinajstić information content (AvgIpc) is 3.79. The van der Waals surface area contributed by atoms with Crippen molar-refractivity contribution in [2.45, 2.75) is 0 Å². The first-order chi connectivity index (χ1) is 22.3. The van der Waals surface area contributed by atoms with Crippen molar-refractivity contribution < 1.29 is 8.83 Å². The van der Waals surface area contributed by atoms with Crippen molar-refractivity contribution in [3.63, 3.8) is 0 Å². The summed E-state index contributed by atoms with van der Waals surface area (Å²) in [5.41, 5.74) is 9.77. The zero-order valence-corrected chi connectivity index (χ0v) is 23.9. The van der Waals surface area contributed by atoms with Crippen molar-refractivity contribution >= 4 is 93.0 Å². The average molecular weight is 575 g/mol. The van der Waals surface area contributed by atoms with E-state index in [9.17, 15) is 0 Å². The number of fused-ring (bicyclic) bond motifs is 17. The van der Waals surface area contributed by atoms with Gasteiger partial charge in [0.15, 0.2) is 0 Å². The normalized spacial score (nSPS) is 12.4. The lowest BCUT2D eigenvalue weighted by atomic mass is 9.94. The molecule has 11 aromatic rings. The fourth-order valence-corrected chi connectivity index (χ4v) is 7.61. The minimum absolute atomic E-state index is 0.857. The van der Waals surface area contributed by atoms with Crippen molar-refractivity contribution in [2.75, 3.05) is 0 Å². The van der Waals surface area contributed by atoms with Crippen LogP contribution in [-0.2, 0) is 0 Å². The van der Waals surface area contributed by atoms with Gasteiger partial charge in [0.2, 0.25) is 0 Å². The summed E-state index contributed by atoms with van der Waals surface area (Å²) in [7, 11) is 0. The van der Waals surface area contributed by atoms with Gasteiger partial charge in [0.1, 0.15) is 28.0 Å². The Morgan fingerprint density at radius 3 is 2.18 bits per heavy atom. The second kappa shape index (κ2) is 8.28. The fourth-order valence-electron chi connectivity index (χ4n) is 7.61.